The van der Waals surface area contributed by atoms with Gasteiger partial charge in [-0.2, -0.15) is 0 Å². The molecule has 1 N–H and O–H groups in total. The number of hydrogen-bond acceptors (Lipinski definition) is 2. The zero-order valence-electron chi connectivity index (χ0n) is 7.72. The van der Waals surface area contributed by atoms with Gasteiger partial charge >= 0.3 is 0 Å². The Kier molecular flexibility index (Phi) is 11.2. The van der Waals surface area contributed by atoms with Gasteiger partial charge in [-0.05, 0) is 19.3 Å². The molecule has 0 rings (SSSR count). The minimum atomic E-state index is 0.426. The second-order valence-corrected chi connectivity index (χ2v) is 2.68. The second-order valence-electron chi connectivity index (χ2n) is 2.68. The molecule has 10 heavy (non-hydrogen) atoms. The zero-order chi connectivity index (χ0) is 8.57. The Balaban J connectivity index is 0. The van der Waals surface area contributed by atoms with Gasteiger partial charge in [0.2, 0.25) is 0 Å². The molecule has 1 unspecified atom stereocenters. The first-order valence-electron chi connectivity index (χ1n) is 3.64. The summed E-state index contributed by atoms with van der Waals surface area (Å²) in [5.74, 6) is 0.755. The topological polar surface area (TPSA) is 29.5 Å². The molecule has 0 aliphatic heterocycles. The molecule has 2 heteroatoms. The van der Waals surface area contributed by atoms with E-state index in [0.29, 0.717) is 6.10 Å². The summed E-state index contributed by atoms with van der Waals surface area (Å²) in [6.07, 6.45) is 1.59. The summed E-state index contributed by atoms with van der Waals surface area (Å²) < 4.78 is 5.06. The van der Waals surface area contributed by atoms with Gasteiger partial charge in [0.05, 0.1) is 6.10 Å². The standard InChI is InChI=1S/C7H16O.CH4O/c1-6(2)5-7(3)8-4;1-2/h6-7H,5H2,1-4H3;2H,1H3. The van der Waals surface area contributed by atoms with Gasteiger partial charge in [-0.25, -0.2) is 0 Å². The molecule has 2 nitrogen and oxygen atoms in total. The first kappa shape index (κ1) is 12.6. The molecular formula is C8H20O2. The van der Waals surface area contributed by atoms with Crippen LogP contribution in [0.5, 0.6) is 0 Å². The van der Waals surface area contributed by atoms with Gasteiger partial charge in [-0.1, -0.05) is 13.8 Å². The van der Waals surface area contributed by atoms with Gasteiger partial charge in [0.1, 0.15) is 0 Å². The van der Waals surface area contributed by atoms with Crippen LogP contribution in [0.3, 0.4) is 0 Å². The van der Waals surface area contributed by atoms with Crippen LogP contribution in [0.25, 0.3) is 0 Å². The highest BCUT2D eigenvalue weighted by molar-refractivity contribution is 4.51. The largest absolute Gasteiger partial charge is 0.400 e. The molecule has 0 aromatic rings. The van der Waals surface area contributed by atoms with Crippen LogP contribution < -0.4 is 0 Å². The number of hydrogen-bond donors (Lipinski definition) is 1. The van der Waals surface area contributed by atoms with Crippen molar-refractivity contribution in [1.29, 1.82) is 0 Å². The molecule has 0 aromatic heterocycles. The maximum Gasteiger partial charge on any atom is 0.0545 e. The SMILES string of the molecule is CO.COC(C)CC(C)C. The quantitative estimate of drug-likeness (QED) is 0.659. The molecule has 0 heterocycles. The first-order chi connectivity index (χ1) is 4.66. The van der Waals surface area contributed by atoms with E-state index < -0.39 is 0 Å². The van der Waals surface area contributed by atoms with Gasteiger partial charge in [-0.3, -0.25) is 0 Å². The fourth-order valence-electron chi connectivity index (χ4n) is 0.760. The lowest BCUT2D eigenvalue weighted by molar-refractivity contribution is 0.0997. The Morgan fingerprint density at radius 3 is 1.70 bits per heavy atom. The van der Waals surface area contributed by atoms with E-state index >= 15 is 0 Å². The average molecular weight is 148 g/mol. The van der Waals surface area contributed by atoms with Crippen molar-refractivity contribution in [3.05, 3.63) is 0 Å². The summed E-state index contributed by atoms with van der Waals surface area (Å²) in [6.45, 7) is 6.50. The molecule has 0 amide bonds. The predicted octanol–water partition coefficient (Wildman–Crippen LogP) is 1.68. The summed E-state index contributed by atoms with van der Waals surface area (Å²) >= 11 is 0. The lowest BCUT2D eigenvalue weighted by Gasteiger charge is -2.10. The van der Waals surface area contributed by atoms with E-state index in [2.05, 4.69) is 20.8 Å². The molecule has 0 radical (unpaired) electrons. The Hall–Kier alpha value is -0.0800. The van der Waals surface area contributed by atoms with E-state index in [-0.39, 0.29) is 0 Å². The third-order valence-electron chi connectivity index (χ3n) is 1.21. The molecule has 0 aliphatic rings. The van der Waals surface area contributed by atoms with E-state index in [1.165, 1.54) is 0 Å². The number of aliphatic hydroxyl groups is 1. The minimum Gasteiger partial charge on any atom is -0.400 e. The molecule has 0 bridgehead atoms. The highest BCUT2D eigenvalue weighted by atomic mass is 16.5. The van der Waals surface area contributed by atoms with Crippen molar-refractivity contribution in [2.45, 2.75) is 33.3 Å². The third-order valence-corrected chi connectivity index (χ3v) is 1.21. The van der Waals surface area contributed by atoms with Gasteiger partial charge in [0.15, 0.2) is 0 Å². The van der Waals surface area contributed by atoms with E-state index in [4.69, 9.17) is 9.84 Å². The number of rotatable bonds is 3. The lowest BCUT2D eigenvalue weighted by Crippen LogP contribution is -2.07. The molecular weight excluding hydrogens is 128 g/mol. The average Bonchev–Trinajstić information content (AvgIpc) is 1.91. The van der Waals surface area contributed by atoms with Crippen LogP contribution >= 0.6 is 0 Å². The lowest BCUT2D eigenvalue weighted by atomic mass is 10.1. The Labute approximate surface area is 64.2 Å². The molecule has 0 fully saturated rings. The van der Waals surface area contributed by atoms with Crippen LogP contribution in [-0.2, 0) is 4.74 Å². The molecule has 0 saturated carbocycles. The molecule has 0 aromatic carbocycles. The number of aliphatic hydroxyl groups excluding tert-OH is 1. The van der Waals surface area contributed by atoms with Crippen molar-refractivity contribution >= 4 is 0 Å². The molecule has 64 valence electrons. The van der Waals surface area contributed by atoms with Crippen LogP contribution in [0.2, 0.25) is 0 Å². The smallest absolute Gasteiger partial charge is 0.0545 e. The van der Waals surface area contributed by atoms with Crippen LogP contribution in [0.1, 0.15) is 27.2 Å². The molecule has 1 atom stereocenters. The van der Waals surface area contributed by atoms with Crippen molar-refractivity contribution in [1.82, 2.24) is 0 Å². The van der Waals surface area contributed by atoms with E-state index in [9.17, 15) is 0 Å². The summed E-state index contributed by atoms with van der Waals surface area (Å²) in [7, 11) is 2.76. The second kappa shape index (κ2) is 8.92. The Morgan fingerprint density at radius 1 is 1.20 bits per heavy atom. The zero-order valence-corrected chi connectivity index (χ0v) is 7.72. The monoisotopic (exact) mass is 148 g/mol. The van der Waals surface area contributed by atoms with Crippen LogP contribution in [-0.4, -0.2) is 25.4 Å². The summed E-state index contributed by atoms with van der Waals surface area (Å²) in [5.41, 5.74) is 0. The van der Waals surface area contributed by atoms with Gasteiger partial charge in [0, 0.05) is 14.2 Å². The summed E-state index contributed by atoms with van der Waals surface area (Å²) in [4.78, 5) is 0. The molecule has 0 aliphatic carbocycles. The molecule has 0 spiro atoms. The van der Waals surface area contributed by atoms with Crippen molar-refractivity contribution in [2.75, 3.05) is 14.2 Å². The first-order valence-corrected chi connectivity index (χ1v) is 3.64. The van der Waals surface area contributed by atoms with E-state index in [1.54, 1.807) is 7.11 Å². The van der Waals surface area contributed by atoms with Crippen molar-refractivity contribution in [3.63, 3.8) is 0 Å². The van der Waals surface area contributed by atoms with Crippen LogP contribution in [0.4, 0.5) is 0 Å². The van der Waals surface area contributed by atoms with Gasteiger partial charge < -0.3 is 9.84 Å². The van der Waals surface area contributed by atoms with E-state index in [1.807, 2.05) is 0 Å². The van der Waals surface area contributed by atoms with Crippen molar-refractivity contribution in [2.24, 2.45) is 5.92 Å². The number of methoxy groups -OCH3 is 1. The third kappa shape index (κ3) is 10.8. The summed E-state index contributed by atoms with van der Waals surface area (Å²) in [5, 5.41) is 7.00. The Morgan fingerprint density at radius 2 is 1.60 bits per heavy atom. The maximum absolute atomic E-state index is 7.00. The maximum atomic E-state index is 7.00. The van der Waals surface area contributed by atoms with Crippen molar-refractivity contribution < 1.29 is 9.84 Å². The van der Waals surface area contributed by atoms with E-state index in [0.717, 1.165) is 19.4 Å². The normalized spacial score (nSPS) is 12.3. The Bertz CT molecular complexity index is 53.2. The fourth-order valence-corrected chi connectivity index (χ4v) is 0.760. The predicted molar refractivity (Wildman–Crippen MR) is 44.1 cm³/mol. The van der Waals surface area contributed by atoms with Gasteiger partial charge in [0.25, 0.3) is 0 Å². The van der Waals surface area contributed by atoms with Gasteiger partial charge in [-0.15, -0.1) is 0 Å². The van der Waals surface area contributed by atoms with Crippen LogP contribution in [0.15, 0.2) is 0 Å². The molecule has 0 saturated heterocycles. The van der Waals surface area contributed by atoms with Crippen molar-refractivity contribution in [3.8, 4) is 0 Å². The fraction of sp³-hybridized carbons (Fsp3) is 1.00. The highest BCUT2D eigenvalue weighted by Gasteiger charge is 2.00. The number of ether oxygens (including phenoxy) is 1. The van der Waals surface area contributed by atoms with Crippen LogP contribution in [0, 0.1) is 5.92 Å². The minimum absolute atomic E-state index is 0.426. The summed E-state index contributed by atoms with van der Waals surface area (Å²) in [6, 6.07) is 0. The highest BCUT2D eigenvalue weighted by Crippen LogP contribution is 2.05.